The van der Waals surface area contributed by atoms with Crippen LogP contribution in [0.1, 0.15) is 43.9 Å². The number of rotatable bonds is 4. The van der Waals surface area contributed by atoms with E-state index < -0.39 is 21.5 Å². The highest BCUT2D eigenvalue weighted by molar-refractivity contribution is 7.91. The van der Waals surface area contributed by atoms with Crippen molar-refractivity contribution in [3.8, 4) is 5.75 Å². The largest absolute Gasteiger partial charge is 0.497 e. The number of sulfone groups is 1. The predicted molar refractivity (Wildman–Crippen MR) is 97.7 cm³/mol. The van der Waals surface area contributed by atoms with E-state index in [4.69, 9.17) is 9.47 Å². The Morgan fingerprint density at radius 1 is 1.12 bits per heavy atom. The van der Waals surface area contributed by atoms with Crippen LogP contribution in [0.15, 0.2) is 53.4 Å². The normalized spacial score (nSPS) is 21.2. The summed E-state index contributed by atoms with van der Waals surface area (Å²) in [4.78, 5) is 0.310. The molecule has 0 aromatic heterocycles. The van der Waals surface area contributed by atoms with Crippen LogP contribution in [0.3, 0.4) is 0 Å². The number of fused-ring (bicyclic) bond motifs is 1. The average Bonchev–Trinajstić information content (AvgIpc) is 2.75. The van der Waals surface area contributed by atoms with Crippen LogP contribution in [0.4, 0.5) is 0 Å². The fourth-order valence-corrected chi connectivity index (χ4v) is 5.55. The second-order valence-electron chi connectivity index (χ2n) is 6.46. The van der Waals surface area contributed by atoms with E-state index in [1.165, 1.54) is 0 Å². The number of hydrogen-bond donors (Lipinski definition) is 0. The summed E-state index contributed by atoms with van der Waals surface area (Å²) in [6.07, 6.45) is 0.855. The van der Waals surface area contributed by atoms with Gasteiger partial charge < -0.3 is 9.47 Å². The van der Waals surface area contributed by atoms with Crippen molar-refractivity contribution in [2.45, 2.75) is 43.3 Å². The van der Waals surface area contributed by atoms with Gasteiger partial charge in [-0.3, -0.25) is 0 Å². The first-order chi connectivity index (χ1) is 11.9. The maximum Gasteiger partial charge on any atom is 0.181 e. The third-order valence-electron chi connectivity index (χ3n) is 5.05. The van der Waals surface area contributed by atoms with Crippen LogP contribution >= 0.6 is 0 Å². The Bertz CT molecular complexity index is 839. The monoisotopic (exact) mass is 360 g/mol. The summed E-state index contributed by atoms with van der Waals surface area (Å²) in [6, 6.07) is 15.0. The molecule has 0 amide bonds. The SMILES string of the molecule is CCC1(CC)CS(=O)(=O)c2cc(OC)ccc2[C@@H](c2ccccc2)O1. The van der Waals surface area contributed by atoms with Crippen LogP contribution in [0, 0.1) is 0 Å². The summed E-state index contributed by atoms with van der Waals surface area (Å²) in [7, 11) is -1.95. The van der Waals surface area contributed by atoms with Gasteiger partial charge in [-0.25, -0.2) is 8.42 Å². The quantitative estimate of drug-likeness (QED) is 0.822. The number of benzene rings is 2. The van der Waals surface area contributed by atoms with Crippen molar-refractivity contribution in [2.75, 3.05) is 12.9 Å². The van der Waals surface area contributed by atoms with Crippen molar-refractivity contribution < 1.29 is 17.9 Å². The fourth-order valence-electron chi connectivity index (χ4n) is 3.40. The van der Waals surface area contributed by atoms with E-state index in [2.05, 4.69) is 0 Å². The molecular weight excluding hydrogens is 336 g/mol. The molecule has 0 spiro atoms. The Balaban J connectivity index is 2.26. The maximum atomic E-state index is 13.1. The van der Waals surface area contributed by atoms with E-state index >= 15 is 0 Å². The van der Waals surface area contributed by atoms with Crippen molar-refractivity contribution >= 4 is 9.84 Å². The smallest absolute Gasteiger partial charge is 0.181 e. The molecule has 0 unspecified atom stereocenters. The maximum absolute atomic E-state index is 13.1. The van der Waals surface area contributed by atoms with Crippen LogP contribution in [0.2, 0.25) is 0 Å². The van der Waals surface area contributed by atoms with Gasteiger partial charge >= 0.3 is 0 Å². The van der Waals surface area contributed by atoms with Gasteiger partial charge in [0.1, 0.15) is 11.9 Å². The summed E-state index contributed by atoms with van der Waals surface area (Å²) in [6.45, 7) is 3.97. The van der Waals surface area contributed by atoms with Gasteiger partial charge in [0.05, 0.1) is 23.4 Å². The molecule has 3 rings (SSSR count). The Kier molecular flexibility index (Phi) is 4.89. The first-order valence-corrected chi connectivity index (χ1v) is 10.2. The van der Waals surface area contributed by atoms with E-state index in [9.17, 15) is 8.42 Å². The fraction of sp³-hybridized carbons (Fsp3) is 0.400. The van der Waals surface area contributed by atoms with Crippen molar-refractivity contribution in [1.82, 2.24) is 0 Å². The lowest BCUT2D eigenvalue weighted by Gasteiger charge is -2.33. The van der Waals surface area contributed by atoms with Crippen LogP contribution in [0.5, 0.6) is 5.75 Å². The van der Waals surface area contributed by atoms with Gasteiger partial charge in [0, 0.05) is 5.56 Å². The lowest BCUT2D eigenvalue weighted by molar-refractivity contribution is -0.0691. The van der Waals surface area contributed by atoms with Gasteiger partial charge in [-0.15, -0.1) is 0 Å². The highest BCUT2D eigenvalue weighted by atomic mass is 32.2. The molecule has 0 bridgehead atoms. The Morgan fingerprint density at radius 3 is 2.40 bits per heavy atom. The average molecular weight is 360 g/mol. The summed E-state index contributed by atoms with van der Waals surface area (Å²) in [5, 5.41) is 0. The summed E-state index contributed by atoms with van der Waals surface area (Å²) in [5.41, 5.74) is 0.930. The molecule has 0 saturated carbocycles. The molecule has 0 fully saturated rings. The minimum atomic E-state index is -3.49. The summed E-state index contributed by atoms with van der Waals surface area (Å²) in [5.74, 6) is 0.519. The van der Waals surface area contributed by atoms with E-state index in [0.29, 0.717) is 29.1 Å². The van der Waals surface area contributed by atoms with Crippen LogP contribution < -0.4 is 4.74 Å². The molecule has 4 nitrogen and oxygen atoms in total. The zero-order valence-electron chi connectivity index (χ0n) is 14.9. The zero-order chi connectivity index (χ0) is 18.1. The molecule has 0 radical (unpaired) electrons. The molecule has 0 aliphatic carbocycles. The van der Waals surface area contributed by atoms with Crippen molar-refractivity contribution in [1.29, 1.82) is 0 Å². The Labute approximate surface area is 149 Å². The molecule has 25 heavy (non-hydrogen) atoms. The Hall–Kier alpha value is -1.85. The predicted octanol–water partition coefficient (Wildman–Crippen LogP) is 4.15. The molecule has 1 aliphatic rings. The van der Waals surface area contributed by atoms with E-state index in [1.807, 2.05) is 50.2 Å². The summed E-state index contributed by atoms with van der Waals surface area (Å²) >= 11 is 0. The van der Waals surface area contributed by atoms with E-state index in [-0.39, 0.29) is 5.75 Å². The van der Waals surface area contributed by atoms with Crippen LogP contribution in [-0.4, -0.2) is 26.9 Å². The second-order valence-corrected chi connectivity index (χ2v) is 8.42. The molecule has 0 N–H and O–H groups in total. The standard InChI is InChI=1S/C20H24O4S/c1-4-20(5-2)14-25(21,22)18-13-16(23-3)11-12-17(18)19(24-20)15-9-7-6-8-10-15/h6-13,19H,4-5,14H2,1-3H3/t19-/m1/s1. The van der Waals surface area contributed by atoms with Gasteiger partial charge in [0.15, 0.2) is 9.84 Å². The van der Waals surface area contributed by atoms with Gasteiger partial charge in [-0.1, -0.05) is 50.2 Å². The lowest BCUT2D eigenvalue weighted by Crippen LogP contribution is -2.38. The Morgan fingerprint density at radius 2 is 1.80 bits per heavy atom. The highest BCUT2D eigenvalue weighted by Crippen LogP contribution is 2.42. The van der Waals surface area contributed by atoms with Gasteiger partial charge in [-0.05, 0) is 30.5 Å². The first-order valence-electron chi connectivity index (χ1n) is 8.58. The lowest BCUT2D eigenvalue weighted by atomic mass is 9.96. The van der Waals surface area contributed by atoms with E-state index in [0.717, 1.165) is 5.56 Å². The number of ether oxygens (including phenoxy) is 2. The molecule has 134 valence electrons. The zero-order valence-corrected chi connectivity index (χ0v) is 15.7. The topological polar surface area (TPSA) is 52.6 Å². The van der Waals surface area contributed by atoms with Gasteiger partial charge in [0.2, 0.25) is 0 Å². The van der Waals surface area contributed by atoms with Crippen molar-refractivity contribution in [3.05, 3.63) is 59.7 Å². The molecule has 2 aromatic rings. The van der Waals surface area contributed by atoms with Crippen molar-refractivity contribution in [3.63, 3.8) is 0 Å². The van der Waals surface area contributed by atoms with Crippen LogP contribution in [0.25, 0.3) is 0 Å². The van der Waals surface area contributed by atoms with Crippen molar-refractivity contribution in [2.24, 2.45) is 0 Å². The molecule has 5 heteroatoms. The minimum absolute atomic E-state index is 0.0174. The van der Waals surface area contributed by atoms with Gasteiger partial charge in [0.25, 0.3) is 0 Å². The highest BCUT2D eigenvalue weighted by Gasteiger charge is 2.42. The molecule has 1 aliphatic heterocycles. The third kappa shape index (κ3) is 3.31. The minimum Gasteiger partial charge on any atom is -0.497 e. The molecule has 1 atom stereocenters. The molecule has 1 heterocycles. The van der Waals surface area contributed by atoms with Gasteiger partial charge in [-0.2, -0.15) is 0 Å². The molecular formula is C20H24O4S. The first kappa shape index (κ1) is 18.0. The third-order valence-corrected chi connectivity index (χ3v) is 6.98. The molecule has 0 saturated heterocycles. The second kappa shape index (κ2) is 6.81. The summed E-state index contributed by atoms with van der Waals surface area (Å²) < 4.78 is 38.0. The number of methoxy groups -OCH3 is 1. The number of hydrogen-bond acceptors (Lipinski definition) is 4. The van der Waals surface area contributed by atoms with E-state index in [1.54, 1.807) is 19.2 Å². The van der Waals surface area contributed by atoms with Crippen LogP contribution in [-0.2, 0) is 14.6 Å². The molecule has 2 aromatic carbocycles.